The van der Waals surface area contributed by atoms with E-state index in [1.807, 2.05) is 6.07 Å². The monoisotopic (exact) mass is 348 g/mol. The minimum absolute atomic E-state index is 0. The molecule has 1 aromatic carbocycles. The van der Waals surface area contributed by atoms with Crippen LogP contribution in [0.4, 0.5) is 5.69 Å². The molecule has 1 aromatic heterocycles. The Morgan fingerprint density at radius 1 is 1.17 bits per heavy atom. The number of nitrogens with one attached hydrogen (secondary N) is 2. The van der Waals surface area contributed by atoms with Crippen LogP contribution in [0.3, 0.4) is 0 Å². The van der Waals surface area contributed by atoms with Crippen molar-refractivity contribution in [1.82, 2.24) is 5.32 Å². The molecule has 2 aliphatic rings. The van der Waals surface area contributed by atoms with Gasteiger partial charge in [-0.2, -0.15) is 0 Å². The van der Waals surface area contributed by atoms with Crippen LogP contribution in [0, 0.1) is 5.92 Å². The number of hydrogen-bond donors (Lipinski definition) is 2. The maximum absolute atomic E-state index is 12.3. The molecule has 3 heterocycles. The Labute approximate surface area is 146 Å². The zero-order chi connectivity index (χ0) is 15.8. The number of piperidine rings is 1. The molecule has 2 saturated heterocycles. The lowest BCUT2D eigenvalue weighted by molar-refractivity contribution is -0.117. The number of carbonyl (C=O) groups excluding carboxylic acids is 1. The molecule has 0 aliphatic carbocycles. The van der Waals surface area contributed by atoms with E-state index in [0.717, 1.165) is 23.9 Å². The zero-order valence-electron chi connectivity index (χ0n) is 13.3. The van der Waals surface area contributed by atoms with Crippen molar-refractivity contribution in [2.75, 3.05) is 5.32 Å². The number of benzene rings is 1. The van der Waals surface area contributed by atoms with Crippen LogP contribution in [0.1, 0.15) is 32.1 Å². The molecule has 2 bridgehead atoms. The minimum atomic E-state index is -0.366. The molecule has 5 nitrogen and oxygen atoms in total. The van der Waals surface area contributed by atoms with Gasteiger partial charge in [0.15, 0.2) is 0 Å². The molecule has 24 heavy (non-hydrogen) atoms. The maximum atomic E-state index is 12.3. The molecule has 2 aromatic rings. The van der Waals surface area contributed by atoms with E-state index in [4.69, 9.17) is 4.42 Å². The molecule has 128 valence electrons. The van der Waals surface area contributed by atoms with Gasteiger partial charge in [-0.25, -0.2) is 4.79 Å². The molecule has 2 N–H and O–H groups in total. The third-order valence-corrected chi connectivity index (χ3v) is 4.95. The first-order valence-corrected chi connectivity index (χ1v) is 8.25. The van der Waals surface area contributed by atoms with Crippen molar-refractivity contribution in [3.05, 3.63) is 40.8 Å². The molecule has 1 amide bonds. The maximum Gasteiger partial charge on any atom is 0.336 e. The van der Waals surface area contributed by atoms with Gasteiger partial charge >= 0.3 is 5.63 Å². The summed E-state index contributed by atoms with van der Waals surface area (Å²) >= 11 is 0. The summed E-state index contributed by atoms with van der Waals surface area (Å²) in [6.07, 6.45) is 5.29. The van der Waals surface area contributed by atoms with Crippen LogP contribution in [-0.2, 0) is 4.79 Å². The van der Waals surface area contributed by atoms with E-state index in [2.05, 4.69) is 10.6 Å². The number of carbonyl (C=O) groups is 1. The topological polar surface area (TPSA) is 71.3 Å². The number of hydrogen-bond acceptors (Lipinski definition) is 4. The van der Waals surface area contributed by atoms with E-state index in [1.165, 1.54) is 18.9 Å². The molecular formula is C18H21ClN2O3. The Bertz CT molecular complexity index is 792. The summed E-state index contributed by atoms with van der Waals surface area (Å²) in [6, 6.07) is 9.64. The molecular weight excluding hydrogens is 328 g/mol. The van der Waals surface area contributed by atoms with Crippen LogP contribution in [0.25, 0.3) is 11.0 Å². The van der Waals surface area contributed by atoms with Gasteiger partial charge in [0, 0.05) is 35.6 Å². The third kappa shape index (κ3) is 3.62. The van der Waals surface area contributed by atoms with Crippen LogP contribution >= 0.6 is 12.4 Å². The fourth-order valence-corrected chi connectivity index (χ4v) is 3.97. The number of halogens is 1. The minimum Gasteiger partial charge on any atom is -0.423 e. The van der Waals surface area contributed by atoms with E-state index in [-0.39, 0.29) is 23.9 Å². The molecule has 0 spiro atoms. The summed E-state index contributed by atoms with van der Waals surface area (Å²) in [7, 11) is 0. The summed E-state index contributed by atoms with van der Waals surface area (Å²) in [5.74, 6) is 0.542. The molecule has 2 unspecified atom stereocenters. The fraction of sp³-hybridized carbons (Fsp3) is 0.444. The highest BCUT2D eigenvalue weighted by Crippen LogP contribution is 2.32. The van der Waals surface area contributed by atoms with Gasteiger partial charge in [-0.1, -0.05) is 0 Å². The van der Waals surface area contributed by atoms with Gasteiger partial charge in [0.1, 0.15) is 5.58 Å². The van der Waals surface area contributed by atoms with Crippen molar-refractivity contribution >= 4 is 35.0 Å². The average Bonchev–Trinajstić information content (AvgIpc) is 2.86. The van der Waals surface area contributed by atoms with E-state index in [0.29, 0.717) is 30.0 Å². The van der Waals surface area contributed by atoms with Crippen LogP contribution < -0.4 is 16.3 Å². The second-order valence-corrected chi connectivity index (χ2v) is 6.73. The summed E-state index contributed by atoms with van der Waals surface area (Å²) < 4.78 is 5.10. The smallest absolute Gasteiger partial charge is 0.336 e. The van der Waals surface area contributed by atoms with Crippen LogP contribution in [0.5, 0.6) is 0 Å². The van der Waals surface area contributed by atoms with Gasteiger partial charge in [-0.05, 0) is 55.9 Å². The summed E-state index contributed by atoms with van der Waals surface area (Å²) in [5, 5.41) is 7.37. The molecule has 6 heteroatoms. The van der Waals surface area contributed by atoms with Gasteiger partial charge in [-0.3, -0.25) is 4.79 Å². The summed E-state index contributed by atoms with van der Waals surface area (Å²) in [6.45, 7) is 0. The van der Waals surface area contributed by atoms with Gasteiger partial charge in [0.2, 0.25) is 5.91 Å². The normalized spacial score (nSPS) is 25.2. The van der Waals surface area contributed by atoms with Crippen molar-refractivity contribution in [3.63, 3.8) is 0 Å². The Morgan fingerprint density at radius 2 is 1.92 bits per heavy atom. The SMILES string of the molecule is Cl.O=C(CC1CC2CCC(C1)N2)Nc1ccc2oc(=O)ccc2c1. The highest BCUT2D eigenvalue weighted by Gasteiger charge is 2.34. The first-order valence-electron chi connectivity index (χ1n) is 8.25. The number of amides is 1. The predicted octanol–water partition coefficient (Wildman–Crippen LogP) is 3.07. The van der Waals surface area contributed by atoms with Crippen molar-refractivity contribution in [3.8, 4) is 0 Å². The Balaban J connectivity index is 0.00000169. The molecule has 2 aliphatic heterocycles. The lowest BCUT2D eigenvalue weighted by Gasteiger charge is -2.28. The average molecular weight is 349 g/mol. The highest BCUT2D eigenvalue weighted by atomic mass is 35.5. The van der Waals surface area contributed by atoms with Gasteiger partial charge in [-0.15, -0.1) is 12.4 Å². The van der Waals surface area contributed by atoms with E-state index in [1.54, 1.807) is 18.2 Å². The fourth-order valence-electron chi connectivity index (χ4n) is 3.97. The lowest BCUT2D eigenvalue weighted by atomic mass is 9.89. The van der Waals surface area contributed by atoms with Crippen LogP contribution in [-0.4, -0.2) is 18.0 Å². The third-order valence-electron chi connectivity index (χ3n) is 4.95. The second-order valence-electron chi connectivity index (χ2n) is 6.73. The number of anilines is 1. The van der Waals surface area contributed by atoms with Crippen molar-refractivity contribution in [2.24, 2.45) is 5.92 Å². The summed E-state index contributed by atoms with van der Waals surface area (Å²) in [4.78, 5) is 23.5. The van der Waals surface area contributed by atoms with E-state index >= 15 is 0 Å². The van der Waals surface area contributed by atoms with Gasteiger partial charge in [0.05, 0.1) is 0 Å². The molecule has 0 radical (unpaired) electrons. The highest BCUT2D eigenvalue weighted by molar-refractivity contribution is 5.93. The Morgan fingerprint density at radius 3 is 2.67 bits per heavy atom. The number of rotatable bonds is 3. The van der Waals surface area contributed by atoms with Crippen LogP contribution in [0.15, 0.2) is 39.5 Å². The Hall–Kier alpha value is -1.85. The lowest BCUT2D eigenvalue weighted by Crippen LogP contribution is -2.39. The largest absolute Gasteiger partial charge is 0.423 e. The van der Waals surface area contributed by atoms with Crippen molar-refractivity contribution in [2.45, 2.75) is 44.2 Å². The second kappa shape index (κ2) is 6.95. The van der Waals surface area contributed by atoms with E-state index < -0.39 is 0 Å². The van der Waals surface area contributed by atoms with Crippen molar-refractivity contribution in [1.29, 1.82) is 0 Å². The van der Waals surface area contributed by atoms with Gasteiger partial charge in [0.25, 0.3) is 0 Å². The first kappa shape index (κ1) is 17.0. The predicted molar refractivity (Wildman–Crippen MR) is 95.6 cm³/mol. The van der Waals surface area contributed by atoms with Crippen LogP contribution in [0.2, 0.25) is 0 Å². The molecule has 4 rings (SSSR count). The standard InChI is InChI=1S/C18H20N2O3.ClH/c21-17(9-11-7-13-2-3-14(8-11)19-13)20-15-4-5-16-12(10-15)1-6-18(22)23-16;/h1,4-6,10-11,13-14,19H,2-3,7-9H2,(H,20,21);1H. The van der Waals surface area contributed by atoms with Crippen molar-refractivity contribution < 1.29 is 9.21 Å². The molecule has 2 fully saturated rings. The number of fused-ring (bicyclic) bond motifs is 3. The Kier molecular flexibility index (Phi) is 4.92. The quantitative estimate of drug-likeness (QED) is 0.836. The van der Waals surface area contributed by atoms with Gasteiger partial charge < -0.3 is 15.1 Å². The molecule has 0 saturated carbocycles. The summed E-state index contributed by atoms with van der Waals surface area (Å²) in [5.41, 5.74) is 0.911. The first-order chi connectivity index (χ1) is 11.2. The molecule has 2 atom stereocenters. The zero-order valence-corrected chi connectivity index (χ0v) is 14.1. The van der Waals surface area contributed by atoms with E-state index in [9.17, 15) is 9.59 Å².